The number of benzene rings is 1. The maximum absolute atomic E-state index is 12.0. The summed E-state index contributed by atoms with van der Waals surface area (Å²) in [7, 11) is 0. The fourth-order valence-electron chi connectivity index (χ4n) is 1.85. The van der Waals surface area contributed by atoms with Gasteiger partial charge in [-0.15, -0.1) is 0 Å². The number of H-pyrrole nitrogens is 1. The minimum absolute atomic E-state index is 0.0138. The average Bonchev–Trinajstić information content (AvgIpc) is 2.44. The number of carbonyl (C=O) groups is 1. The van der Waals surface area contributed by atoms with Crippen molar-refractivity contribution in [2.45, 2.75) is 26.5 Å². The third-order valence-electron chi connectivity index (χ3n) is 2.79. The summed E-state index contributed by atoms with van der Waals surface area (Å²) in [6, 6.07) is 6.04. The first-order chi connectivity index (χ1) is 10.8. The van der Waals surface area contributed by atoms with Crippen LogP contribution in [0.15, 0.2) is 40.1 Å². The van der Waals surface area contributed by atoms with E-state index in [-0.39, 0.29) is 12.6 Å². The summed E-state index contributed by atoms with van der Waals surface area (Å²) in [6.07, 6.45) is 1.24. The summed E-state index contributed by atoms with van der Waals surface area (Å²) in [5.41, 5.74) is -0.681. The van der Waals surface area contributed by atoms with Crippen molar-refractivity contribution in [1.29, 1.82) is 0 Å². The van der Waals surface area contributed by atoms with E-state index in [1.54, 1.807) is 18.2 Å². The van der Waals surface area contributed by atoms with Crippen molar-refractivity contribution >= 4 is 23.2 Å². The minimum atomic E-state index is -0.647. The van der Waals surface area contributed by atoms with Crippen LogP contribution in [0.2, 0.25) is 5.02 Å². The van der Waals surface area contributed by atoms with Crippen molar-refractivity contribution in [2.24, 2.45) is 0 Å². The zero-order valence-corrected chi connectivity index (χ0v) is 13.4. The van der Waals surface area contributed by atoms with Crippen LogP contribution in [0.4, 0.5) is 5.69 Å². The smallest absolute Gasteiger partial charge is 0.328 e. The zero-order valence-electron chi connectivity index (χ0n) is 12.6. The van der Waals surface area contributed by atoms with Gasteiger partial charge in [0.15, 0.2) is 0 Å². The van der Waals surface area contributed by atoms with E-state index in [1.165, 1.54) is 12.3 Å². The predicted molar refractivity (Wildman–Crippen MR) is 87.2 cm³/mol. The predicted octanol–water partition coefficient (Wildman–Crippen LogP) is 1.62. The molecule has 1 amide bonds. The lowest BCUT2D eigenvalue weighted by Gasteiger charge is -2.13. The highest BCUT2D eigenvalue weighted by atomic mass is 35.5. The summed E-state index contributed by atoms with van der Waals surface area (Å²) in [5.74, 6) is 0.101. The van der Waals surface area contributed by atoms with E-state index in [2.05, 4.69) is 10.3 Å². The fourth-order valence-corrected chi connectivity index (χ4v) is 2.08. The van der Waals surface area contributed by atoms with Crippen molar-refractivity contribution in [1.82, 2.24) is 9.55 Å². The molecule has 0 saturated carbocycles. The molecule has 0 bridgehead atoms. The van der Waals surface area contributed by atoms with Crippen molar-refractivity contribution in [2.75, 3.05) is 5.32 Å². The van der Waals surface area contributed by atoms with Gasteiger partial charge < -0.3 is 10.1 Å². The Bertz CT molecular complexity index is 826. The lowest BCUT2D eigenvalue weighted by atomic mass is 10.3. The van der Waals surface area contributed by atoms with Crippen LogP contribution in [-0.2, 0) is 11.3 Å². The molecule has 0 unspecified atom stereocenters. The Kier molecular flexibility index (Phi) is 5.23. The molecule has 23 heavy (non-hydrogen) atoms. The molecule has 0 saturated heterocycles. The summed E-state index contributed by atoms with van der Waals surface area (Å²) in [4.78, 5) is 36.5. The Morgan fingerprint density at radius 2 is 2.09 bits per heavy atom. The van der Waals surface area contributed by atoms with Crippen LogP contribution >= 0.6 is 11.6 Å². The first-order valence-corrected chi connectivity index (χ1v) is 7.29. The molecule has 8 heteroatoms. The molecule has 1 heterocycles. The number of nitrogens with one attached hydrogen (secondary N) is 2. The molecular formula is C15H16ClN3O4. The molecule has 0 aliphatic heterocycles. The van der Waals surface area contributed by atoms with Gasteiger partial charge in [0.2, 0.25) is 5.91 Å². The molecule has 0 aliphatic carbocycles. The topological polar surface area (TPSA) is 93.2 Å². The van der Waals surface area contributed by atoms with Gasteiger partial charge in [0, 0.05) is 18.0 Å². The van der Waals surface area contributed by atoms with Gasteiger partial charge in [0.25, 0.3) is 5.56 Å². The van der Waals surface area contributed by atoms with Crippen LogP contribution in [-0.4, -0.2) is 21.6 Å². The number of rotatable bonds is 5. The van der Waals surface area contributed by atoms with Crippen molar-refractivity contribution in [3.63, 3.8) is 0 Å². The van der Waals surface area contributed by atoms with Gasteiger partial charge in [-0.1, -0.05) is 11.6 Å². The molecule has 2 rings (SSSR count). The Balaban J connectivity index is 2.07. The van der Waals surface area contributed by atoms with Gasteiger partial charge in [0.1, 0.15) is 12.3 Å². The SMILES string of the molecule is CC(C)Oc1ccc(NC(=O)Cn2ccc(=O)[nH]c2=O)cc1Cl. The van der Waals surface area contributed by atoms with E-state index in [1.807, 2.05) is 13.8 Å². The molecule has 0 atom stereocenters. The molecule has 7 nitrogen and oxygen atoms in total. The highest BCUT2D eigenvalue weighted by molar-refractivity contribution is 6.32. The van der Waals surface area contributed by atoms with E-state index in [0.29, 0.717) is 16.5 Å². The molecular weight excluding hydrogens is 322 g/mol. The lowest BCUT2D eigenvalue weighted by molar-refractivity contribution is -0.116. The first-order valence-electron chi connectivity index (χ1n) is 6.91. The van der Waals surface area contributed by atoms with E-state index in [4.69, 9.17) is 16.3 Å². The third kappa shape index (κ3) is 4.72. The maximum Gasteiger partial charge on any atom is 0.328 e. The Hall–Kier alpha value is -2.54. The largest absolute Gasteiger partial charge is 0.489 e. The van der Waals surface area contributed by atoms with E-state index in [0.717, 1.165) is 4.57 Å². The molecule has 0 aliphatic rings. The summed E-state index contributed by atoms with van der Waals surface area (Å²) < 4.78 is 6.60. The molecule has 1 aromatic carbocycles. The number of anilines is 1. The quantitative estimate of drug-likeness (QED) is 0.867. The number of hydrogen-bond donors (Lipinski definition) is 2. The Labute approximate surface area is 136 Å². The molecule has 2 N–H and O–H groups in total. The number of aromatic amines is 1. The summed E-state index contributed by atoms with van der Waals surface area (Å²) in [6.45, 7) is 3.54. The number of hydrogen-bond acceptors (Lipinski definition) is 4. The highest BCUT2D eigenvalue weighted by Gasteiger charge is 2.09. The molecule has 2 aromatic rings. The number of aromatic nitrogens is 2. The van der Waals surface area contributed by atoms with Crippen LogP contribution < -0.4 is 21.3 Å². The summed E-state index contributed by atoms with van der Waals surface area (Å²) >= 11 is 6.09. The second-order valence-corrected chi connectivity index (χ2v) is 5.51. The molecule has 0 spiro atoms. The molecule has 122 valence electrons. The summed E-state index contributed by atoms with van der Waals surface area (Å²) in [5, 5.41) is 3.00. The number of nitrogens with zero attached hydrogens (tertiary/aromatic N) is 1. The number of halogens is 1. The maximum atomic E-state index is 12.0. The normalized spacial score (nSPS) is 10.6. The van der Waals surface area contributed by atoms with E-state index in [9.17, 15) is 14.4 Å². The fraction of sp³-hybridized carbons (Fsp3) is 0.267. The van der Waals surface area contributed by atoms with Gasteiger partial charge >= 0.3 is 5.69 Å². The van der Waals surface area contributed by atoms with Crippen molar-refractivity contribution in [3.8, 4) is 5.75 Å². The van der Waals surface area contributed by atoms with Crippen molar-refractivity contribution < 1.29 is 9.53 Å². The van der Waals surface area contributed by atoms with Crippen LogP contribution in [0, 0.1) is 0 Å². The second kappa shape index (κ2) is 7.15. The third-order valence-corrected chi connectivity index (χ3v) is 3.08. The van der Waals surface area contributed by atoms with Gasteiger partial charge in [-0.3, -0.25) is 19.1 Å². The Morgan fingerprint density at radius 1 is 1.35 bits per heavy atom. The zero-order chi connectivity index (χ0) is 17.0. The van der Waals surface area contributed by atoms with Gasteiger partial charge in [0.05, 0.1) is 11.1 Å². The van der Waals surface area contributed by atoms with Gasteiger partial charge in [-0.25, -0.2) is 4.79 Å². The molecule has 1 aromatic heterocycles. The second-order valence-electron chi connectivity index (χ2n) is 5.10. The number of ether oxygens (including phenoxy) is 1. The Morgan fingerprint density at radius 3 is 2.70 bits per heavy atom. The minimum Gasteiger partial charge on any atom is -0.489 e. The van der Waals surface area contributed by atoms with Crippen LogP contribution in [0.1, 0.15) is 13.8 Å². The van der Waals surface area contributed by atoms with Gasteiger partial charge in [-0.05, 0) is 32.0 Å². The average molecular weight is 338 g/mol. The standard InChI is InChI=1S/C15H16ClN3O4/c1-9(2)23-12-4-3-10(7-11(12)16)17-14(21)8-19-6-5-13(20)18-15(19)22/h3-7,9H,8H2,1-2H3,(H,17,21)(H,18,20,22). The van der Waals surface area contributed by atoms with Crippen LogP contribution in [0.5, 0.6) is 5.75 Å². The van der Waals surface area contributed by atoms with Crippen molar-refractivity contribution in [3.05, 3.63) is 56.3 Å². The first kappa shape index (κ1) is 16.8. The highest BCUT2D eigenvalue weighted by Crippen LogP contribution is 2.28. The van der Waals surface area contributed by atoms with E-state index >= 15 is 0 Å². The van der Waals surface area contributed by atoms with Crippen LogP contribution in [0.25, 0.3) is 0 Å². The van der Waals surface area contributed by atoms with Gasteiger partial charge in [-0.2, -0.15) is 0 Å². The van der Waals surface area contributed by atoms with Crippen LogP contribution in [0.3, 0.4) is 0 Å². The molecule has 0 radical (unpaired) electrons. The van der Waals surface area contributed by atoms with E-state index < -0.39 is 17.2 Å². The molecule has 0 fully saturated rings. The number of amides is 1. The lowest BCUT2D eigenvalue weighted by Crippen LogP contribution is -2.32. The number of carbonyl (C=O) groups excluding carboxylic acids is 1. The monoisotopic (exact) mass is 337 g/mol.